The third-order valence-corrected chi connectivity index (χ3v) is 2.97. The number of ether oxygens (including phenoxy) is 1. The van der Waals surface area contributed by atoms with Gasteiger partial charge in [0.1, 0.15) is 16.3 Å². The molecule has 0 saturated carbocycles. The van der Waals surface area contributed by atoms with Crippen LogP contribution in [0.2, 0.25) is 5.15 Å². The van der Waals surface area contributed by atoms with Gasteiger partial charge in [0.2, 0.25) is 0 Å². The minimum Gasteiger partial charge on any atom is -0.462 e. The molecule has 0 fully saturated rings. The minimum atomic E-state index is -3.41. The van der Waals surface area contributed by atoms with E-state index in [-0.39, 0.29) is 23.0 Å². The van der Waals surface area contributed by atoms with Crippen LogP contribution in [0.25, 0.3) is 0 Å². The highest BCUT2D eigenvalue weighted by Crippen LogP contribution is 2.29. The van der Waals surface area contributed by atoms with Gasteiger partial charge in [-0.25, -0.2) is 18.6 Å². The van der Waals surface area contributed by atoms with Gasteiger partial charge in [-0.15, -0.1) is 0 Å². The number of carbonyl (C=O) groups excluding carboxylic acids is 1. The molecule has 0 spiro atoms. The van der Waals surface area contributed by atoms with Crippen molar-refractivity contribution in [3.63, 3.8) is 0 Å². The average Bonchev–Trinajstić information content (AvgIpc) is 2.35. The normalized spacial score (nSPS) is 12.1. The Balaban J connectivity index is 2.97. The lowest BCUT2D eigenvalue weighted by Gasteiger charge is -2.29. The van der Waals surface area contributed by atoms with Crippen molar-refractivity contribution in [3.8, 4) is 0 Å². The monoisotopic (exact) mass is 322 g/mol. The fourth-order valence-electron chi connectivity index (χ4n) is 1.37. The van der Waals surface area contributed by atoms with E-state index in [1.807, 2.05) is 0 Å². The maximum Gasteiger partial charge on any atom is 0.341 e. The highest BCUT2D eigenvalue weighted by Gasteiger charge is 2.45. The second-order valence-electron chi connectivity index (χ2n) is 4.89. The number of aromatic nitrogens is 1. The van der Waals surface area contributed by atoms with Crippen molar-refractivity contribution in [2.24, 2.45) is 0 Å². The highest BCUT2D eigenvalue weighted by atomic mass is 35.5. The molecule has 0 aliphatic carbocycles. The zero-order valence-electron chi connectivity index (χ0n) is 11.9. The Morgan fingerprint density at radius 1 is 1.52 bits per heavy atom. The van der Waals surface area contributed by atoms with Crippen LogP contribution in [-0.4, -0.2) is 40.7 Å². The lowest BCUT2D eigenvalue weighted by Crippen LogP contribution is -2.47. The Bertz CT molecular complexity index is 519. The van der Waals surface area contributed by atoms with Gasteiger partial charge in [0, 0.05) is 6.20 Å². The summed E-state index contributed by atoms with van der Waals surface area (Å²) in [6, 6.07) is 1.24. The third-order valence-electron chi connectivity index (χ3n) is 2.76. The van der Waals surface area contributed by atoms with Gasteiger partial charge in [0.15, 0.2) is 0 Å². The standard InChI is InChI=1S/C13H17ClF2N2O3/c1-4-21-11(19)8-6-17-10(14)5-9(8)18-7-13(15,16)12(2,3)20/h5-6,20H,4,7H2,1-3H3,(H,17,18). The molecule has 5 nitrogen and oxygen atoms in total. The molecule has 0 unspecified atom stereocenters. The van der Waals surface area contributed by atoms with Gasteiger partial charge in [-0.1, -0.05) is 11.6 Å². The van der Waals surface area contributed by atoms with E-state index in [1.165, 1.54) is 6.07 Å². The molecule has 0 bridgehead atoms. The first-order valence-electron chi connectivity index (χ1n) is 6.25. The molecule has 0 amide bonds. The van der Waals surface area contributed by atoms with Crippen LogP contribution in [0.1, 0.15) is 31.1 Å². The van der Waals surface area contributed by atoms with E-state index in [0.29, 0.717) is 0 Å². The van der Waals surface area contributed by atoms with Crippen molar-refractivity contribution in [1.29, 1.82) is 0 Å². The summed E-state index contributed by atoms with van der Waals surface area (Å²) in [7, 11) is 0. The Kier molecular flexibility index (Phi) is 5.47. The van der Waals surface area contributed by atoms with Crippen LogP contribution >= 0.6 is 11.6 Å². The van der Waals surface area contributed by atoms with E-state index in [1.54, 1.807) is 6.92 Å². The fraction of sp³-hybridized carbons (Fsp3) is 0.538. The van der Waals surface area contributed by atoms with Crippen LogP contribution in [0.5, 0.6) is 0 Å². The summed E-state index contributed by atoms with van der Waals surface area (Å²) in [6.07, 6.45) is 1.14. The predicted molar refractivity (Wildman–Crippen MR) is 74.9 cm³/mol. The molecule has 0 saturated heterocycles. The quantitative estimate of drug-likeness (QED) is 0.622. The lowest BCUT2D eigenvalue weighted by atomic mass is 10.0. The number of nitrogens with zero attached hydrogens (tertiary/aromatic N) is 1. The Labute approximate surface area is 126 Å². The lowest BCUT2D eigenvalue weighted by molar-refractivity contribution is -0.151. The van der Waals surface area contributed by atoms with Crippen LogP contribution in [0.4, 0.5) is 14.5 Å². The Morgan fingerprint density at radius 3 is 2.67 bits per heavy atom. The number of halogens is 3. The van der Waals surface area contributed by atoms with Crippen LogP contribution in [0.15, 0.2) is 12.3 Å². The first-order valence-corrected chi connectivity index (χ1v) is 6.63. The summed E-state index contributed by atoms with van der Waals surface area (Å²) in [4.78, 5) is 15.4. The zero-order valence-corrected chi connectivity index (χ0v) is 12.7. The average molecular weight is 323 g/mol. The molecule has 21 heavy (non-hydrogen) atoms. The topological polar surface area (TPSA) is 71.5 Å². The van der Waals surface area contributed by atoms with E-state index in [4.69, 9.17) is 16.3 Å². The largest absolute Gasteiger partial charge is 0.462 e. The van der Waals surface area contributed by atoms with E-state index in [9.17, 15) is 18.7 Å². The van der Waals surface area contributed by atoms with Crippen molar-refractivity contribution in [3.05, 3.63) is 23.0 Å². The SMILES string of the molecule is CCOC(=O)c1cnc(Cl)cc1NCC(F)(F)C(C)(C)O. The molecule has 8 heteroatoms. The minimum absolute atomic E-state index is 0.00667. The second-order valence-corrected chi connectivity index (χ2v) is 5.28. The molecule has 0 aliphatic rings. The number of nitrogens with one attached hydrogen (secondary N) is 1. The second kappa shape index (κ2) is 6.53. The van der Waals surface area contributed by atoms with E-state index < -0.39 is 24.0 Å². The molecule has 2 N–H and O–H groups in total. The summed E-state index contributed by atoms with van der Waals surface area (Å²) >= 11 is 5.70. The van der Waals surface area contributed by atoms with Gasteiger partial charge in [-0.3, -0.25) is 0 Å². The van der Waals surface area contributed by atoms with Crippen molar-refractivity contribution in [2.75, 3.05) is 18.5 Å². The molecule has 1 rings (SSSR count). The molecule has 1 heterocycles. The zero-order chi connectivity index (χ0) is 16.3. The fourth-order valence-corrected chi connectivity index (χ4v) is 1.53. The van der Waals surface area contributed by atoms with Gasteiger partial charge in [0.05, 0.1) is 18.8 Å². The summed E-state index contributed by atoms with van der Waals surface area (Å²) < 4.78 is 32.2. The van der Waals surface area contributed by atoms with Crippen molar-refractivity contribution in [2.45, 2.75) is 32.3 Å². The highest BCUT2D eigenvalue weighted by molar-refractivity contribution is 6.29. The number of aliphatic hydroxyl groups is 1. The van der Waals surface area contributed by atoms with Crippen molar-refractivity contribution < 1.29 is 23.4 Å². The molecule has 0 atom stereocenters. The molecule has 1 aromatic rings. The van der Waals surface area contributed by atoms with Crippen molar-refractivity contribution >= 4 is 23.3 Å². The third kappa shape index (κ3) is 4.50. The number of carbonyl (C=O) groups is 1. The smallest absolute Gasteiger partial charge is 0.341 e. The molecule has 118 valence electrons. The van der Waals surface area contributed by atoms with E-state index in [2.05, 4.69) is 10.3 Å². The number of hydrogen-bond acceptors (Lipinski definition) is 5. The summed E-state index contributed by atoms with van der Waals surface area (Å²) in [5, 5.41) is 11.9. The molecular weight excluding hydrogens is 306 g/mol. The summed E-state index contributed by atoms with van der Waals surface area (Å²) in [6.45, 7) is 2.89. The molecular formula is C13H17ClF2N2O3. The summed E-state index contributed by atoms with van der Waals surface area (Å²) in [5.41, 5.74) is -2.15. The van der Waals surface area contributed by atoms with Crippen LogP contribution in [0.3, 0.4) is 0 Å². The van der Waals surface area contributed by atoms with Gasteiger partial charge in [0.25, 0.3) is 5.92 Å². The van der Waals surface area contributed by atoms with E-state index in [0.717, 1.165) is 20.0 Å². The predicted octanol–water partition coefficient (Wildman–Crippen LogP) is 2.73. The first kappa shape index (κ1) is 17.6. The van der Waals surface area contributed by atoms with Crippen LogP contribution in [-0.2, 0) is 4.74 Å². The number of anilines is 1. The number of hydrogen-bond donors (Lipinski definition) is 2. The number of esters is 1. The van der Waals surface area contributed by atoms with Gasteiger partial charge in [-0.2, -0.15) is 0 Å². The first-order chi connectivity index (χ1) is 9.58. The molecule has 0 radical (unpaired) electrons. The van der Waals surface area contributed by atoms with Gasteiger partial charge >= 0.3 is 5.97 Å². The molecule has 0 aromatic carbocycles. The van der Waals surface area contributed by atoms with Crippen LogP contribution in [0, 0.1) is 0 Å². The number of rotatable bonds is 6. The Morgan fingerprint density at radius 2 is 2.14 bits per heavy atom. The summed E-state index contributed by atoms with van der Waals surface area (Å²) in [5.74, 6) is -4.11. The molecule has 1 aromatic heterocycles. The van der Waals surface area contributed by atoms with Crippen LogP contribution < -0.4 is 5.32 Å². The van der Waals surface area contributed by atoms with Crippen molar-refractivity contribution in [1.82, 2.24) is 4.98 Å². The van der Waals surface area contributed by atoms with Gasteiger partial charge < -0.3 is 15.2 Å². The van der Waals surface area contributed by atoms with Gasteiger partial charge in [-0.05, 0) is 26.8 Å². The maximum absolute atomic E-state index is 13.7. The molecule has 0 aliphatic heterocycles. The Hall–Kier alpha value is -1.47. The number of pyridine rings is 1. The maximum atomic E-state index is 13.7. The number of alkyl halides is 2. The van der Waals surface area contributed by atoms with E-state index >= 15 is 0 Å².